The van der Waals surface area contributed by atoms with Gasteiger partial charge in [-0.3, -0.25) is 4.79 Å². The van der Waals surface area contributed by atoms with E-state index in [9.17, 15) is 9.90 Å². The topological polar surface area (TPSA) is 57.5 Å². The minimum Gasteiger partial charge on any atom is -0.507 e. The Morgan fingerprint density at radius 2 is 2.05 bits per heavy atom. The summed E-state index contributed by atoms with van der Waals surface area (Å²) in [6.45, 7) is 3.13. The SMILES string of the molecule is Cn1c(C(=O)N2CCNCC2)cc2c(O)cccc21. The number of carbonyl (C=O) groups is 1. The normalized spacial score (nSPS) is 15.9. The highest BCUT2D eigenvalue weighted by molar-refractivity contribution is 6.00. The third-order valence-electron chi connectivity index (χ3n) is 3.69. The third kappa shape index (κ3) is 1.96. The standard InChI is InChI=1S/C14H17N3O2/c1-16-11-3-2-4-13(18)10(11)9-12(16)14(19)17-7-5-15-6-8-17/h2-4,9,15,18H,5-8H2,1H3. The molecule has 2 N–H and O–H groups in total. The smallest absolute Gasteiger partial charge is 0.270 e. The van der Waals surface area contributed by atoms with Crippen molar-refractivity contribution in [1.29, 1.82) is 0 Å². The highest BCUT2D eigenvalue weighted by Gasteiger charge is 2.22. The van der Waals surface area contributed by atoms with Crippen LogP contribution >= 0.6 is 0 Å². The number of aromatic nitrogens is 1. The van der Waals surface area contributed by atoms with Crippen molar-refractivity contribution < 1.29 is 9.90 Å². The highest BCUT2D eigenvalue weighted by Crippen LogP contribution is 2.27. The van der Waals surface area contributed by atoms with Crippen LogP contribution in [0.1, 0.15) is 10.5 Å². The van der Waals surface area contributed by atoms with E-state index in [-0.39, 0.29) is 11.7 Å². The molecule has 0 unspecified atom stereocenters. The maximum absolute atomic E-state index is 12.5. The van der Waals surface area contributed by atoms with E-state index < -0.39 is 0 Å². The van der Waals surface area contributed by atoms with Crippen molar-refractivity contribution in [3.63, 3.8) is 0 Å². The number of aromatic hydroxyl groups is 1. The summed E-state index contributed by atoms with van der Waals surface area (Å²) in [5.41, 5.74) is 1.50. The zero-order chi connectivity index (χ0) is 13.4. The molecule has 2 aromatic rings. The minimum atomic E-state index is 0.0274. The number of carbonyl (C=O) groups excluding carboxylic acids is 1. The van der Waals surface area contributed by atoms with Crippen LogP contribution in [0, 0.1) is 0 Å². The summed E-state index contributed by atoms with van der Waals surface area (Å²) in [5.74, 6) is 0.243. The third-order valence-corrected chi connectivity index (χ3v) is 3.69. The molecule has 0 atom stereocenters. The fourth-order valence-electron chi connectivity index (χ4n) is 2.58. The first kappa shape index (κ1) is 12.0. The van der Waals surface area contributed by atoms with E-state index in [4.69, 9.17) is 0 Å². The Kier molecular flexibility index (Phi) is 2.91. The average Bonchev–Trinajstić information content (AvgIpc) is 2.78. The Morgan fingerprint density at radius 3 is 2.74 bits per heavy atom. The number of amides is 1. The van der Waals surface area contributed by atoms with Crippen LogP contribution in [0.5, 0.6) is 5.75 Å². The van der Waals surface area contributed by atoms with Crippen LogP contribution in [-0.4, -0.2) is 46.7 Å². The predicted molar refractivity (Wildman–Crippen MR) is 73.4 cm³/mol. The van der Waals surface area contributed by atoms with E-state index in [1.807, 2.05) is 22.6 Å². The number of nitrogens with zero attached hydrogens (tertiary/aromatic N) is 2. The predicted octanol–water partition coefficient (Wildman–Crippen LogP) is 0.929. The van der Waals surface area contributed by atoms with Gasteiger partial charge in [0, 0.05) is 38.6 Å². The quantitative estimate of drug-likeness (QED) is 0.801. The second-order valence-corrected chi connectivity index (χ2v) is 4.84. The molecule has 19 heavy (non-hydrogen) atoms. The number of phenols is 1. The number of nitrogens with one attached hydrogen (secondary N) is 1. The van der Waals surface area contributed by atoms with Crippen LogP contribution < -0.4 is 5.32 Å². The summed E-state index contributed by atoms with van der Waals surface area (Å²) in [5, 5.41) is 13.8. The van der Waals surface area contributed by atoms with E-state index in [1.165, 1.54) is 0 Å². The van der Waals surface area contributed by atoms with Crippen LogP contribution in [0.15, 0.2) is 24.3 Å². The van der Waals surface area contributed by atoms with Gasteiger partial charge < -0.3 is 19.9 Å². The first-order valence-electron chi connectivity index (χ1n) is 6.46. The number of hydrogen-bond donors (Lipinski definition) is 2. The lowest BCUT2D eigenvalue weighted by molar-refractivity contribution is 0.0726. The highest BCUT2D eigenvalue weighted by atomic mass is 16.3. The van der Waals surface area contributed by atoms with Crippen LogP contribution in [0.4, 0.5) is 0 Å². The van der Waals surface area contributed by atoms with Crippen LogP contribution in [0.25, 0.3) is 10.9 Å². The molecule has 1 aromatic heterocycles. The Balaban J connectivity index is 2.02. The molecule has 0 spiro atoms. The number of benzene rings is 1. The van der Waals surface area contributed by atoms with Crippen molar-refractivity contribution >= 4 is 16.8 Å². The fraction of sp³-hybridized carbons (Fsp3) is 0.357. The monoisotopic (exact) mass is 259 g/mol. The lowest BCUT2D eigenvalue weighted by Crippen LogP contribution is -2.46. The molecule has 1 aliphatic rings. The first-order valence-corrected chi connectivity index (χ1v) is 6.46. The van der Waals surface area contributed by atoms with Crippen molar-refractivity contribution in [2.75, 3.05) is 26.2 Å². The summed E-state index contributed by atoms with van der Waals surface area (Å²) in [4.78, 5) is 14.3. The van der Waals surface area contributed by atoms with Crippen molar-refractivity contribution in [2.45, 2.75) is 0 Å². The molecule has 5 heteroatoms. The van der Waals surface area contributed by atoms with Crippen LogP contribution in [0.3, 0.4) is 0 Å². The van der Waals surface area contributed by atoms with Crippen molar-refractivity contribution in [3.8, 4) is 5.75 Å². The number of hydrogen-bond acceptors (Lipinski definition) is 3. The molecule has 5 nitrogen and oxygen atoms in total. The van der Waals surface area contributed by atoms with Crippen LogP contribution in [0.2, 0.25) is 0 Å². The Hall–Kier alpha value is -2.01. The molecule has 0 bridgehead atoms. The minimum absolute atomic E-state index is 0.0274. The molecule has 0 saturated carbocycles. The van der Waals surface area contributed by atoms with Crippen molar-refractivity contribution in [3.05, 3.63) is 30.0 Å². The van der Waals surface area contributed by atoms with Gasteiger partial charge in [0.1, 0.15) is 11.4 Å². The lowest BCUT2D eigenvalue weighted by atomic mass is 10.2. The van der Waals surface area contributed by atoms with Gasteiger partial charge in [-0.05, 0) is 18.2 Å². The summed E-state index contributed by atoms with van der Waals surface area (Å²) in [7, 11) is 1.86. The molecule has 2 heterocycles. The van der Waals surface area contributed by atoms with Crippen molar-refractivity contribution in [2.24, 2.45) is 7.05 Å². The first-order chi connectivity index (χ1) is 9.18. The molecular formula is C14H17N3O2. The van der Waals surface area contributed by atoms with Gasteiger partial charge in [-0.1, -0.05) is 6.07 Å². The second kappa shape index (κ2) is 4.59. The van der Waals surface area contributed by atoms with Crippen molar-refractivity contribution in [1.82, 2.24) is 14.8 Å². The largest absolute Gasteiger partial charge is 0.507 e. The average molecular weight is 259 g/mol. The Labute approximate surface area is 111 Å². The molecule has 100 valence electrons. The maximum atomic E-state index is 12.5. The molecule has 1 amide bonds. The molecule has 0 radical (unpaired) electrons. The van der Waals surface area contributed by atoms with Gasteiger partial charge in [0.05, 0.1) is 5.52 Å². The molecule has 3 rings (SSSR count). The van der Waals surface area contributed by atoms with Crippen LogP contribution in [-0.2, 0) is 7.05 Å². The van der Waals surface area contributed by atoms with Gasteiger partial charge in [-0.2, -0.15) is 0 Å². The van der Waals surface area contributed by atoms with E-state index >= 15 is 0 Å². The van der Waals surface area contributed by atoms with E-state index in [0.717, 1.165) is 37.1 Å². The maximum Gasteiger partial charge on any atom is 0.270 e. The second-order valence-electron chi connectivity index (χ2n) is 4.84. The molecule has 1 aromatic carbocycles. The van der Waals surface area contributed by atoms with E-state index in [2.05, 4.69) is 5.32 Å². The summed E-state index contributed by atoms with van der Waals surface area (Å²) in [6, 6.07) is 7.11. The Bertz CT molecular complexity index is 627. The van der Waals surface area contributed by atoms with Gasteiger partial charge in [-0.25, -0.2) is 0 Å². The number of phenolic OH excluding ortho intramolecular Hbond substituents is 1. The molecular weight excluding hydrogens is 242 g/mol. The van der Waals surface area contributed by atoms with Gasteiger partial charge in [0.15, 0.2) is 0 Å². The van der Waals surface area contributed by atoms with Gasteiger partial charge in [0.2, 0.25) is 0 Å². The van der Waals surface area contributed by atoms with Gasteiger partial charge in [-0.15, -0.1) is 0 Å². The van der Waals surface area contributed by atoms with E-state index in [0.29, 0.717) is 5.69 Å². The number of aryl methyl sites for hydroxylation is 1. The molecule has 1 saturated heterocycles. The Morgan fingerprint density at radius 1 is 1.32 bits per heavy atom. The summed E-state index contributed by atoms with van der Waals surface area (Å²) < 4.78 is 1.85. The molecule has 1 fully saturated rings. The summed E-state index contributed by atoms with van der Waals surface area (Å²) >= 11 is 0. The number of rotatable bonds is 1. The lowest BCUT2D eigenvalue weighted by Gasteiger charge is -2.27. The van der Waals surface area contributed by atoms with Gasteiger partial charge in [0.25, 0.3) is 5.91 Å². The zero-order valence-corrected chi connectivity index (χ0v) is 10.9. The fourth-order valence-corrected chi connectivity index (χ4v) is 2.58. The number of fused-ring (bicyclic) bond motifs is 1. The molecule has 1 aliphatic heterocycles. The number of piperazine rings is 1. The van der Waals surface area contributed by atoms with E-state index in [1.54, 1.807) is 18.2 Å². The molecule has 0 aliphatic carbocycles. The zero-order valence-electron chi connectivity index (χ0n) is 10.9. The van der Waals surface area contributed by atoms with Gasteiger partial charge >= 0.3 is 0 Å². The summed E-state index contributed by atoms with van der Waals surface area (Å²) in [6.07, 6.45) is 0.